The number of aryl methyl sites for hydroxylation is 2. The quantitative estimate of drug-likeness (QED) is 0.920. The standard InChI is InChI=1S/C14H19N3O3/c1-9-6-12(10(2)19-9)14-16-15-13(20-14)7-17-5-3-4-11(17)8-18/h6,11,18H,3-5,7-8H2,1-2H3/t11-/m1/s1. The lowest BCUT2D eigenvalue weighted by atomic mass is 10.2. The molecule has 6 heteroatoms. The summed E-state index contributed by atoms with van der Waals surface area (Å²) in [6.07, 6.45) is 2.13. The van der Waals surface area contributed by atoms with Gasteiger partial charge in [0.2, 0.25) is 5.89 Å². The van der Waals surface area contributed by atoms with E-state index in [1.807, 2.05) is 19.9 Å². The van der Waals surface area contributed by atoms with Crippen molar-refractivity contribution in [1.29, 1.82) is 0 Å². The lowest BCUT2D eigenvalue weighted by Gasteiger charge is -2.20. The molecule has 3 rings (SSSR count). The molecule has 0 radical (unpaired) electrons. The van der Waals surface area contributed by atoms with Gasteiger partial charge >= 0.3 is 0 Å². The molecule has 3 heterocycles. The van der Waals surface area contributed by atoms with E-state index in [4.69, 9.17) is 8.83 Å². The van der Waals surface area contributed by atoms with Gasteiger partial charge in [-0.15, -0.1) is 10.2 Å². The average molecular weight is 277 g/mol. The Hall–Kier alpha value is -1.66. The molecule has 1 fully saturated rings. The van der Waals surface area contributed by atoms with Crippen LogP contribution in [0.3, 0.4) is 0 Å². The van der Waals surface area contributed by atoms with Crippen LogP contribution in [0.2, 0.25) is 0 Å². The van der Waals surface area contributed by atoms with E-state index in [1.165, 1.54) is 0 Å². The third kappa shape index (κ3) is 2.48. The van der Waals surface area contributed by atoms with Gasteiger partial charge in [-0.25, -0.2) is 0 Å². The Balaban J connectivity index is 1.75. The first-order valence-corrected chi connectivity index (χ1v) is 6.92. The van der Waals surface area contributed by atoms with Crippen molar-refractivity contribution in [3.8, 4) is 11.5 Å². The van der Waals surface area contributed by atoms with Gasteiger partial charge in [-0.1, -0.05) is 0 Å². The van der Waals surface area contributed by atoms with Crippen molar-refractivity contribution in [3.63, 3.8) is 0 Å². The van der Waals surface area contributed by atoms with Crippen molar-refractivity contribution in [3.05, 3.63) is 23.5 Å². The van der Waals surface area contributed by atoms with Crippen molar-refractivity contribution < 1.29 is 13.9 Å². The maximum atomic E-state index is 9.32. The van der Waals surface area contributed by atoms with Gasteiger partial charge < -0.3 is 13.9 Å². The van der Waals surface area contributed by atoms with Crippen LogP contribution in [0.4, 0.5) is 0 Å². The molecular weight excluding hydrogens is 258 g/mol. The molecule has 0 spiro atoms. The zero-order valence-corrected chi connectivity index (χ0v) is 11.8. The lowest BCUT2D eigenvalue weighted by Crippen LogP contribution is -2.31. The summed E-state index contributed by atoms with van der Waals surface area (Å²) >= 11 is 0. The predicted molar refractivity (Wildman–Crippen MR) is 72.0 cm³/mol. The molecule has 0 aromatic carbocycles. The van der Waals surface area contributed by atoms with E-state index in [2.05, 4.69) is 15.1 Å². The van der Waals surface area contributed by atoms with Gasteiger partial charge in [0.1, 0.15) is 11.5 Å². The van der Waals surface area contributed by atoms with Crippen LogP contribution < -0.4 is 0 Å². The van der Waals surface area contributed by atoms with Crippen molar-refractivity contribution in [2.75, 3.05) is 13.2 Å². The number of aliphatic hydroxyl groups is 1. The SMILES string of the molecule is Cc1cc(-c2nnc(CN3CCC[C@@H]3CO)o2)c(C)o1. The largest absolute Gasteiger partial charge is 0.466 e. The van der Waals surface area contributed by atoms with E-state index in [1.54, 1.807) is 0 Å². The molecule has 1 atom stereocenters. The first-order chi connectivity index (χ1) is 9.67. The van der Waals surface area contributed by atoms with E-state index < -0.39 is 0 Å². The summed E-state index contributed by atoms with van der Waals surface area (Å²) in [5, 5.41) is 17.5. The Kier molecular flexibility index (Phi) is 3.58. The van der Waals surface area contributed by atoms with E-state index in [0.717, 1.165) is 36.5 Å². The van der Waals surface area contributed by atoms with Crippen molar-refractivity contribution >= 4 is 0 Å². The number of nitrogens with zero attached hydrogens (tertiary/aromatic N) is 3. The second kappa shape index (κ2) is 5.38. The molecule has 2 aromatic rings. The van der Waals surface area contributed by atoms with Crippen molar-refractivity contribution in [2.45, 2.75) is 39.3 Å². The molecule has 0 aliphatic carbocycles. The number of likely N-dealkylation sites (tertiary alicyclic amines) is 1. The monoisotopic (exact) mass is 277 g/mol. The van der Waals surface area contributed by atoms with Gasteiger partial charge in [-0.3, -0.25) is 4.90 Å². The molecule has 2 aromatic heterocycles. The van der Waals surface area contributed by atoms with E-state index in [0.29, 0.717) is 18.3 Å². The Morgan fingerprint density at radius 3 is 2.90 bits per heavy atom. The molecule has 108 valence electrons. The second-order valence-corrected chi connectivity index (χ2v) is 5.28. The van der Waals surface area contributed by atoms with Crippen LogP contribution >= 0.6 is 0 Å². The fourth-order valence-corrected chi connectivity index (χ4v) is 2.75. The predicted octanol–water partition coefficient (Wildman–Crippen LogP) is 1.90. The summed E-state index contributed by atoms with van der Waals surface area (Å²) in [5.74, 6) is 2.69. The van der Waals surface area contributed by atoms with Gasteiger partial charge in [-0.2, -0.15) is 0 Å². The normalized spacial score (nSPS) is 19.9. The number of rotatable bonds is 4. The van der Waals surface area contributed by atoms with Crippen LogP contribution in [0, 0.1) is 13.8 Å². The topological polar surface area (TPSA) is 75.5 Å². The van der Waals surface area contributed by atoms with Crippen LogP contribution in [0.1, 0.15) is 30.3 Å². The molecule has 6 nitrogen and oxygen atoms in total. The number of aromatic nitrogens is 2. The second-order valence-electron chi connectivity index (χ2n) is 5.28. The molecule has 1 aliphatic heterocycles. The average Bonchev–Trinajstić information content (AvgIpc) is 3.10. The van der Waals surface area contributed by atoms with Crippen LogP contribution in [0.25, 0.3) is 11.5 Å². The van der Waals surface area contributed by atoms with E-state index in [-0.39, 0.29) is 12.6 Å². The van der Waals surface area contributed by atoms with Crippen molar-refractivity contribution in [2.24, 2.45) is 0 Å². The highest BCUT2D eigenvalue weighted by Gasteiger charge is 2.25. The van der Waals surface area contributed by atoms with Crippen molar-refractivity contribution in [1.82, 2.24) is 15.1 Å². The summed E-state index contributed by atoms with van der Waals surface area (Å²) in [6.45, 7) is 5.51. The van der Waals surface area contributed by atoms with Crippen LogP contribution in [-0.2, 0) is 6.54 Å². The molecule has 20 heavy (non-hydrogen) atoms. The number of hydrogen-bond donors (Lipinski definition) is 1. The summed E-state index contributed by atoms with van der Waals surface area (Å²) in [6, 6.07) is 2.11. The zero-order valence-electron chi connectivity index (χ0n) is 11.8. The molecule has 0 amide bonds. The molecule has 1 saturated heterocycles. The molecule has 1 N–H and O–H groups in total. The van der Waals surface area contributed by atoms with Crippen LogP contribution in [0.15, 0.2) is 14.9 Å². The first-order valence-electron chi connectivity index (χ1n) is 6.92. The highest BCUT2D eigenvalue weighted by atomic mass is 16.4. The number of aliphatic hydroxyl groups excluding tert-OH is 1. The molecule has 0 bridgehead atoms. The summed E-state index contributed by atoms with van der Waals surface area (Å²) in [4.78, 5) is 2.19. The van der Waals surface area contributed by atoms with Gasteiger partial charge in [-0.05, 0) is 39.3 Å². The fourth-order valence-electron chi connectivity index (χ4n) is 2.75. The molecule has 1 aliphatic rings. The van der Waals surface area contributed by atoms with Gasteiger partial charge in [0.05, 0.1) is 18.7 Å². The third-order valence-electron chi connectivity index (χ3n) is 3.79. The first kappa shape index (κ1) is 13.3. The van der Waals surface area contributed by atoms with E-state index in [9.17, 15) is 5.11 Å². The fraction of sp³-hybridized carbons (Fsp3) is 0.571. The molecular formula is C14H19N3O3. The van der Waals surface area contributed by atoms with Crippen LogP contribution in [-0.4, -0.2) is 39.4 Å². The number of hydrogen-bond acceptors (Lipinski definition) is 6. The van der Waals surface area contributed by atoms with Gasteiger partial charge in [0.25, 0.3) is 5.89 Å². The minimum Gasteiger partial charge on any atom is -0.466 e. The number of furan rings is 1. The zero-order chi connectivity index (χ0) is 14.1. The van der Waals surface area contributed by atoms with Gasteiger partial charge in [0.15, 0.2) is 0 Å². The maximum absolute atomic E-state index is 9.32. The molecule has 0 unspecified atom stereocenters. The Bertz CT molecular complexity index is 590. The lowest BCUT2D eigenvalue weighted by molar-refractivity contribution is 0.144. The maximum Gasteiger partial charge on any atom is 0.251 e. The Labute approximate surface area is 117 Å². The van der Waals surface area contributed by atoms with Crippen LogP contribution in [0.5, 0.6) is 0 Å². The molecule has 0 saturated carbocycles. The highest BCUT2D eigenvalue weighted by molar-refractivity contribution is 5.55. The summed E-state index contributed by atoms with van der Waals surface area (Å²) in [5.41, 5.74) is 0.849. The smallest absolute Gasteiger partial charge is 0.251 e. The Morgan fingerprint density at radius 2 is 2.20 bits per heavy atom. The third-order valence-corrected chi connectivity index (χ3v) is 3.79. The summed E-state index contributed by atoms with van der Waals surface area (Å²) in [7, 11) is 0. The Morgan fingerprint density at radius 1 is 1.35 bits per heavy atom. The minimum absolute atomic E-state index is 0.182. The minimum atomic E-state index is 0.182. The highest BCUT2D eigenvalue weighted by Crippen LogP contribution is 2.26. The van der Waals surface area contributed by atoms with Gasteiger partial charge in [0, 0.05) is 6.04 Å². The summed E-state index contributed by atoms with van der Waals surface area (Å²) < 4.78 is 11.2. The van der Waals surface area contributed by atoms with E-state index >= 15 is 0 Å².